The van der Waals surface area contributed by atoms with Gasteiger partial charge in [0.05, 0.1) is 0 Å². The average Bonchev–Trinajstić information content (AvgIpc) is 2.93. The summed E-state index contributed by atoms with van der Waals surface area (Å²) in [6.07, 6.45) is 12.9. The summed E-state index contributed by atoms with van der Waals surface area (Å²) < 4.78 is 0. The zero-order chi connectivity index (χ0) is 12.8. The van der Waals surface area contributed by atoms with Gasteiger partial charge in [0.1, 0.15) is 0 Å². The first-order chi connectivity index (χ1) is 8.81. The molecule has 2 saturated carbocycles. The third-order valence-corrected chi connectivity index (χ3v) is 5.25. The second kappa shape index (κ2) is 7.49. The van der Waals surface area contributed by atoms with E-state index in [1.807, 2.05) is 0 Å². The van der Waals surface area contributed by atoms with E-state index in [4.69, 9.17) is 0 Å². The number of rotatable bonds is 6. The van der Waals surface area contributed by atoms with Gasteiger partial charge in [0.2, 0.25) is 0 Å². The topological polar surface area (TPSA) is 15.3 Å². The molecule has 2 aliphatic rings. The summed E-state index contributed by atoms with van der Waals surface area (Å²) in [5.41, 5.74) is 0. The summed E-state index contributed by atoms with van der Waals surface area (Å²) in [7, 11) is 2.32. The molecular formula is C16H32N2. The molecule has 0 spiro atoms. The summed E-state index contributed by atoms with van der Waals surface area (Å²) in [4.78, 5) is 2.59. The lowest BCUT2D eigenvalue weighted by molar-refractivity contribution is 0.217. The molecule has 0 heterocycles. The minimum absolute atomic E-state index is 0.806. The number of likely N-dealkylation sites (N-methyl/N-ethyl adjacent to an activating group) is 1. The van der Waals surface area contributed by atoms with Crippen LogP contribution < -0.4 is 5.32 Å². The Balaban J connectivity index is 1.64. The fraction of sp³-hybridized carbons (Fsp3) is 1.00. The highest BCUT2D eigenvalue weighted by Crippen LogP contribution is 2.26. The van der Waals surface area contributed by atoms with Crippen LogP contribution in [-0.4, -0.2) is 37.1 Å². The zero-order valence-electron chi connectivity index (χ0n) is 12.5. The summed E-state index contributed by atoms with van der Waals surface area (Å²) in [5.74, 6) is 0.940. The Morgan fingerprint density at radius 2 is 1.67 bits per heavy atom. The van der Waals surface area contributed by atoms with Crippen molar-refractivity contribution >= 4 is 0 Å². The lowest BCUT2D eigenvalue weighted by Crippen LogP contribution is -2.43. The van der Waals surface area contributed by atoms with Gasteiger partial charge in [-0.15, -0.1) is 0 Å². The molecule has 0 aliphatic heterocycles. The fourth-order valence-electron chi connectivity index (χ4n) is 3.92. The molecule has 0 radical (unpaired) electrons. The smallest absolute Gasteiger partial charge is 0.0107 e. The molecule has 0 aromatic heterocycles. The molecule has 2 heteroatoms. The molecule has 0 saturated heterocycles. The maximum atomic E-state index is 3.84. The van der Waals surface area contributed by atoms with Gasteiger partial charge in [-0.1, -0.05) is 39.0 Å². The van der Waals surface area contributed by atoms with Crippen LogP contribution in [0.25, 0.3) is 0 Å². The third kappa shape index (κ3) is 3.96. The van der Waals surface area contributed by atoms with Crippen LogP contribution in [0.5, 0.6) is 0 Å². The first-order valence-electron chi connectivity index (χ1n) is 8.25. The molecule has 18 heavy (non-hydrogen) atoms. The fourth-order valence-corrected chi connectivity index (χ4v) is 3.92. The molecule has 2 aliphatic carbocycles. The minimum Gasteiger partial charge on any atom is -0.312 e. The maximum Gasteiger partial charge on any atom is 0.0107 e. The minimum atomic E-state index is 0.806. The molecule has 2 fully saturated rings. The maximum absolute atomic E-state index is 3.84. The first kappa shape index (κ1) is 14.3. The van der Waals surface area contributed by atoms with Crippen molar-refractivity contribution in [1.82, 2.24) is 10.2 Å². The van der Waals surface area contributed by atoms with Crippen molar-refractivity contribution < 1.29 is 0 Å². The van der Waals surface area contributed by atoms with Crippen molar-refractivity contribution in [3.05, 3.63) is 0 Å². The number of nitrogens with one attached hydrogen (secondary N) is 1. The molecule has 2 unspecified atom stereocenters. The van der Waals surface area contributed by atoms with E-state index in [2.05, 4.69) is 24.2 Å². The Hall–Kier alpha value is -0.0800. The molecule has 2 rings (SSSR count). The van der Waals surface area contributed by atoms with Gasteiger partial charge in [-0.3, -0.25) is 0 Å². The van der Waals surface area contributed by atoms with Crippen LogP contribution >= 0.6 is 0 Å². The van der Waals surface area contributed by atoms with Gasteiger partial charge >= 0.3 is 0 Å². The molecule has 0 amide bonds. The van der Waals surface area contributed by atoms with Crippen molar-refractivity contribution in [3.63, 3.8) is 0 Å². The lowest BCUT2D eigenvalue weighted by atomic mass is 9.83. The Bertz CT molecular complexity index is 223. The predicted octanol–water partition coefficient (Wildman–Crippen LogP) is 3.42. The van der Waals surface area contributed by atoms with Crippen molar-refractivity contribution in [3.8, 4) is 0 Å². The highest BCUT2D eigenvalue weighted by atomic mass is 15.1. The molecule has 0 bridgehead atoms. The van der Waals surface area contributed by atoms with Gasteiger partial charge in [0.25, 0.3) is 0 Å². The van der Waals surface area contributed by atoms with E-state index >= 15 is 0 Å². The van der Waals surface area contributed by atoms with Gasteiger partial charge in [0.15, 0.2) is 0 Å². The second-order valence-electron chi connectivity index (χ2n) is 6.43. The van der Waals surface area contributed by atoms with E-state index in [0.717, 1.165) is 18.0 Å². The van der Waals surface area contributed by atoms with Crippen LogP contribution in [-0.2, 0) is 0 Å². The molecule has 2 nitrogen and oxygen atoms in total. The van der Waals surface area contributed by atoms with Crippen LogP contribution in [0.1, 0.15) is 64.7 Å². The van der Waals surface area contributed by atoms with Crippen LogP contribution in [0.3, 0.4) is 0 Å². The van der Waals surface area contributed by atoms with Crippen LogP contribution in [0.15, 0.2) is 0 Å². The van der Waals surface area contributed by atoms with Crippen molar-refractivity contribution in [2.45, 2.75) is 76.8 Å². The van der Waals surface area contributed by atoms with E-state index in [0.29, 0.717) is 0 Å². The highest BCUT2D eigenvalue weighted by Gasteiger charge is 2.23. The standard InChI is InChI=1S/C16H32N2/c1-3-14-8-4-7-11-16(14)17-12-13-18(2)15-9-5-6-10-15/h14-17H,3-13H2,1-2H3. The summed E-state index contributed by atoms with van der Waals surface area (Å²) in [6.45, 7) is 4.78. The van der Waals surface area contributed by atoms with Gasteiger partial charge in [-0.25, -0.2) is 0 Å². The van der Waals surface area contributed by atoms with Crippen LogP contribution in [0.4, 0.5) is 0 Å². The van der Waals surface area contributed by atoms with Crippen LogP contribution in [0.2, 0.25) is 0 Å². The second-order valence-corrected chi connectivity index (χ2v) is 6.43. The SMILES string of the molecule is CCC1CCCCC1NCCN(C)C1CCCC1. The lowest BCUT2D eigenvalue weighted by Gasteiger charge is -2.33. The molecule has 0 aromatic carbocycles. The monoisotopic (exact) mass is 252 g/mol. The van der Waals surface area contributed by atoms with E-state index in [1.54, 1.807) is 0 Å². The molecule has 2 atom stereocenters. The molecular weight excluding hydrogens is 220 g/mol. The normalized spacial score (nSPS) is 30.2. The van der Waals surface area contributed by atoms with E-state index in [9.17, 15) is 0 Å². The predicted molar refractivity (Wildman–Crippen MR) is 78.9 cm³/mol. The summed E-state index contributed by atoms with van der Waals surface area (Å²) >= 11 is 0. The van der Waals surface area contributed by atoms with E-state index < -0.39 is 0 Å². The highest BCUT2D eigenvalue weighted by molar-refractivity contribution is 4.81. The van der Waals surface area contributed by atoms with Crippen molar-refractivity contribution in [2.75, 3.05) is 20.1 Å². The average molecular weight is 252 g/mol. The van der Waals surface area contributed by atoms with Gasteiger partial charge in [0, 0.05) is 25.2 Å². The molecule has 1 N–H and O–H groups in total. The van der Waals surface area contributed by atoms with Crippen molar-refractivity contribution in [2.24, 2.45) is 5.92 Å². The largest absolute Gasteiger partial charge is 0.312 e. The Morgan fingerprint density at radius 3 is 2.39 bits per heavy atom. The quantitative estimate of drug-likeness (QED) is 0.779. The Labute approximate surface area is 114 Å². The Morgan fingerprint density at radius 1 is 1.00 bits per heavy atom. The summed E-state index contributed by atoms with van der Waals surface area (Å²) in [6, 6.07) is 1.68. The number of nitrogens with zero attached hydrogens (tertiary/aromatic N) is 1. The van der Waals surface area contributed by atoms with E-state index in [1.165, 1.54) is 70.9 Å². The van der Waals surface area contributed by atoms with Gasteiger partial charge < -0.3 is 10.2 Å². The number of hydrogen-bond donors (Lipinski definition) is 1. The number of hydrogen-bond acceptors (Lipinski definition) is 2. The van der Waals surface area contributed by atoms with Gasteiger partial charge in [-0.05, 0) is 38.6 Å². The Kier molecular flexibility index (Phi) is 5.97. The molecule has 106 valence electrons. The third-order valence-electron chi connectivity index (χ3n) is 5.25. The van der Waals surface area contributed by atoms with Crippen molar-refractivity contribution in [1.29, 1.82) is 0 Å². The molecule has 0 aromatic rings. The van der Waals surface area contributed by atoms with Crippen LogP contribution in [0, 0.1) is 5.92 Å². The zero-order valence-corrected chi connectivity index (χ0v) is 12.5. The van der Waals surface area contributed by atoms with E-state index in [-0.39, 0.29) is 0 Å². The van der Waals surface area contributed by atoms with Gasteiger partial charge in [-0.2, -0.15) is 0 Å². The first-order valence-corrected chi connectivity index (χ1v) is 8.25. The summed E-state index contributed by atoms with van der Waals surface area (Å²) in [5, 5.41) is 3.84.